The molecule has 0 saturated heterocycles. The normalized spacial score (nSPS) is 9.81. The maximum absolute atomic E-state index is 11.8. The van der Waals surface area contributed by atoms with E-state index in [0.717, 1.165) is 4.47 Å². The zero-order valence-corrected chi connectivity index (χ0v) is 12.8. The average Bonchev–Trinajstić information content (AvgIpc) is 2.49. The van der Waals surface area contributed by atoms with Gasteiger partial charge in [-0.25, -0.2) is 9.59 Å². The lowest BCUT2D eigenvalue weighted by atomic mass is 10.2. The third-order valence-corrected chi connectivity index (χ3v) is 3.19. The van der Waals surface area contributed by atoms with E-state index in [0.29, 0.717) is 16.9 Å². The van der Waals surface area contributed by atoms with Gasteiger partial charge in [-0.15, -0.1) is 0 Å². The molecule has 0 atom stereocenters. The Morgan fingerprint density at radius 2 is 1.38 bits per heavy atom. The van der Waals surface area contributed by atoms with Gasteiger partial charge in [0.2, 0.25) is 0 Å². The first kappa shape index (κ1) is 15.1. The molecule has 0 aliphatic carbocycles. The highest BCUT2D eigenvalue weighted by Crippen LogP contribution is 2.15. The fourth-order valence-electron chi connectivity index (χ4n) is 1.63. The molecular weight excluding hydrogens is 336 g/mol. The maximum Gasteiger partial charge on any atom is 0.337 e. The zero-order valence-electron chi connectivity index (χ0n) is 11.2. The van der Waals surface area contributed by atoms with Gasteiger partial charge in [0.25, 0.3) is 0 Å². The molecule has 0 spiro atoms. The number of carbonyl (C=O) groups excluding carboxylic acids is 2. The summed E-state index contributed by atoms with van der Waals surface area (Å²) in [6, 6.07) is 13.3. The molecule has 5 nitrogen and oxygen atoms in total. The van der Waals surface area contributed by atoms with Crippen molar-refractivity contribution in [2.24, 2.45) is 0 Å². The Bertz CT molecular complexity index is 639. The number of methoxy groups -OCH3 is 1. The maximum atomic E-state index is 11.8. The molecule has 0 aliphatic heterocycles. The fourth-order valence-corrected chi connectivity index (χ4v) is 1.90. The molecule has 6 heteroatoms. The second kappa shape index (κ2) is 6.90. The first-order valence-electron chi connectivity index (χ1n) is 6.10. The Morgan fingerprint density at radius 1 is 0.905 bits per heavy atom. The van der Waals surface area contributed by atoms with Crippen LogP contribution in [0.25, 0.3) is 0 Å². The van der Waals surface area contributed by atoms with Gasteiger partial charge in [0.15, 0.2) is 0 Å². The highest BCUT2D eigenvalue weighted by molar-refractivity contribution is 9.10. The third-order valence-electron chi connectivity index (χ3n) is 2.67. The molecule has 21 heavy (non-hydrogen) atoms. The number of esters is 1. The lowest BCUT2D eigenvalue weighted by molar-refractivity contribution is 0.0601. The molecule has 0 saturated carbocycles. The number of rotatable bonds is 3. The Hall–Kier alpha value is -2.34. The fraction of sp³-hybridized carbons (Fsp3) is 0.0667. The first-order valence-corrected chi connectivity index (χ1v) is 6.90. The van der Waals surface area contributed by atoms with Gasteiger partial charge >= 0.3 is 12.0 Å². The van der Waals surface area contributed by atoms with Crippen LogP contribution in [0, 0.1) is 0 Å². The van der Waals surface area contributed by atoms with Crippen molar-refractivity contribution in [2.75, 3.05) is 17.7 Å². The van der Waals surface area contributed by atoms with Gasteiger partial charge in [0.1, 0.15) is 0 Å². The van der Waals surface area contributed by atoms with Gasteiger partial charge in [-0.05, 0) is 48.5 Å². The Balaban J connectivity index is 1.96. The second-order valence-corrected chi connectivity index (χ2v) is 5.07. The number of hydrogen-bond acceptors (Lipinski definition) is 3. The van der Waals surface area contributed by atoms with Crippen molar-refractivity contribution in [2.45, 2.75) is 0 Å². The number of benzene rings is 2. The van der Waals surface area contributed by atoms with Gasteiger partial charge in [-0.3, -0.25) is 0 Å². The number of urea groups is 1. The number of anilines is 2. The van der Waals surface area contributed by atoms with E-state index in [1.807, 2.05) is 12.1 Å². The molecule has 2 N–H and O–H groups in total. The SMILES string of the molecule is COC(=O)c1ccc(NC(=O)Nc2ccc(Br)cc2)cc1. The summed E-state index contributed by atoms with van der Waals surface area (Å²) in [6.45, 7) is 0. The third kappa shape index (κ3) is 4.32. The van der Waals surface area contributed by atoms with Crippen LogP contribution in [-0.4, -0.2) is 19.1 Å². The van der Waals surface area contributed by atoms with E-state index in [1.165, 1.54) is 7.11 Å². The van der Waals surface area contributed by atoms with Crippen LogP contribution in [0.15, 0.2) is 53.0 Å². The van der Waals surface area contributed by atoms with Crippen LogP contribution in [0.1, 0.15) is 10.4 Å². The van der Waals surface area contributed by atoms with E-state index < -0.39 is 5.97 Å². The van der Waals surface area contributed by atoms with Crippen LogP contribution >= 0.6 is 15.9 Å². The van der Waals surface area contributed by atoms with Gasteiger partial charge in [-0.2, -0.15) is 0 Å². The van der Waals surface area contributed by atoms with Crippen molar-refractivity contribution in [3.8, 4) is 0 Å². The van der Waals surface area contributed by atoms with Crippen LogP contribution < -0.4 is 10.6 Å². The molecule has 0 aliphatic rings. The summed E-state index contributed by atoms with van der Waals surface area (Å²) in [6.07, 6.45) is 0. The molecule has 108 valence electrons. The monoisotopic (exact) mass is 348 g/mol. The van der Waals surface area contributed by atoms with Crippen LogP contribution in [0.3, 0.4) is 0 Å². The number of ether oxygens (including phenoxy) is 1. The van der Waals surface area contributed by atoms with Crippen LogP contribution in [0.4, 0.5) is 16.2 Å². The van der Waals surface area contributed by atoms with Crippen LogP contribution in [-0.2, 0) is 4.74 Å². The molecule has 2 rings (SSSR count). The molecule has 0 heterocycles. The van der Waals surface area contributed by atoms with E-state index >= 15 is 0 Å². The highest BCUT2D eigenvalue weighted by Gasteiger charge is 2.06. The summed E-state index contributed by atoms with van der Waals surface area (Å²) in [5.41, 5.74) is 1.69. The van der Waals surface area contributed by atoms with Crippen molar-refractivity contribution in [1.29, 1.82) is 0 Å². The number of nitrogens with one attached hydrogen (secondary N) is 2. The lowest BCUT2D eigenvalue weighted by Crippen LogP contribution is -2.19. The molecule has 0 aromatic heterocycles. The van der Waals surface area contributed by atoms with E-state index in [-0.39, 0.29) is 6.03 Å². The predicted octanol–water partition coefficient (Wildman–Crippen LogP) is 3.88. The van der Waals surface area contributed by atoms with Gasteiger partial charge in [0.05, 0.1) is 12.7 Å². The average molecular weight is 349 g/mol. The van der Waals surface area contributed by atoms with Gasteiger partial charge < -0.3 is 15.4 Å². The number of hydrogen-bond donors (Lipinski definition) is 2. The number of halogens is 1. The highest BCUT2D eigenvalue weighted by atomic mass is 79.9. The zero-order chi connectivity index (χ0) is 15.2. The minimum absolute atomic E-state index is 0.358. The van der Waals surface area contributed by atoms with Gasteiger partial charge in [0, 0.05) is 15.8 Å². The summed E-state index contributed by atoms with van der Waals surface area (Å²) < 4.78 is 5.54. The van der Waals surface area contributed by atoms with E-state index in [4.69, 9.17) is 0 Å². The van der Waals surface area contributed by atoms with Crippen molar-refractivity contribution in [3.63, 3.8) is 0 Å². The number of amides is 2. The largest absolute Gasteiger partial charge is 0.465 e. The first-order chi connectivity index (χ1) is 10.1. The lowest BCUT2D eigenvalue weighted by Gasteiger charge is -2.08. The van der Waals surface area contributed by atoms with E-state index in [9.17, 15) is 9.59 Å². The predicted molar refractivity (Wildman–Crippen MR) is 84.6 cm³/mol. The van der Waals surface area contributed by atoms with Crippen molar-refractivity contribution in [3.05, 3.63) is 58.6 Å². The van der Waals surface area contributed by atoms with E-state index in [2.05, 4.69) is 31.3 Å². The molecular formula is C15H13BrN2O3. The second-order valence-electron chi connectivity index (χ2n) is 4.15. The quantitative estimate of drug-likeness (QED) is 0.827. The molecule has 0 radical (unpaired) electrons. The molecule has 2 aromatic rings. The standard InChI is InChI=1S/C15H13BrN2O3/c1-21-14(19)10-2-6-12(7-3-10)17-15(20)18-13-8-4-11(16)5-9-13/h2-9H,1H3,(H2,17,18,20). The summed E-state index contributed by atoms with van der Waals surface area (Å²) in [7, 11) is 1.32. The van der Waals surface area contributed by atoms with Gasteiger partial charge in [-0.1, -0.05) is 15.9 Å². The van der Waals surface area contributed by atoms with Crippen molar-refractivity contribution < 1.29 is 14.3 Å². The summed E-state index contributed by atoms with van der Waals surface area (Å²) in [5, 5.41) is 5.38. The summed E-state index contributed by atoms with van der Waals surface area (Å²) in [5.74, 6) is -0.416. The van der Waals surface area contributed by atoms with E-state index in [1.54, 1.807) is 36.4 Å². The Kier molecular flexibility index (Phi) is 4.94. The van der Waals surface area contributed by atoms with Crippen LogP contribution in [0.5, 0.6) is 0 Å². The molecule has 0 fully saturated rings. The van der Waals surface area contributed by atoms with Crippen LogP contribution in [0.2, 0.25) is 0 Å². The molecule has 0 unspecified atom stereocenters. The summed E-state index contributed by atoms with van der Waals surface area (Å²) in [4.78, 5) is 23.1. The van der Waals surface area contributed by atoms with Crippen molar-refractivity contribution >= 4 is 39.3 Å². The molecule has 2 amide bonds. The minimum atomic E-state index is -0.416. The molecule has 2 aromatic carbocycles. The van der Waals surface area contributed by atoms with Crippen molar-refractivity contribution in [1.82, 2.24) is 0 Å². The summed E-state index contributed by atoms with van der Waals surface area (Å²) >= 11 is 3.32. The topological polar surface area (TPSA) is 67.4 Å². The Morgan fingerprint density at radius 3 is 1.86 bits per heavy atom. The number of carbonyl (C=O) groups is 2. The molecule has 0 bridgehead atoms. The Labute approximate surface area is 130 Å². The smallest absolute Gasteiger partial charge is 0.337 e. The minimum Gasteiger partial charge on any atom is -0.465 e.